The molecular weight excluding hydrogens is 237 g/mol. The van der Waals surface area contributed by atoms with Crippen molar-refractivity contribution in [2.75, 3.05) is 13.2 Å². The van der Waals surface area contributed by atoms with Crippen molar-refractivity contribution in [2.24, 2.45) is 0 Å². The maximum absolute atomic E-state index is 5.38. The third-order valence-electron chi connectivity index (χ3n) is 1.50. The molecule has 0 aromatic carbocycles. The molecule has 0 aliphatic carbocycles. The number of thiol groups is 1. The van der Waals surface area contributed by atoms with Crippen LogP contribution in [0.2, 0.25) is 0 Å². The summed E-state index contributed by atoms with van der Waals surface area (Å²) in [5, 5.41) is 0. The molecule has 88 valence electrons. The number of rotatable bonds is 8. The first kappa shape index (κ1) is 17.3. The summed E-state index contributed by atoms with van der Waals surface area (Å²) in [4.78, 5) is 0. The Kier molecular flexibility index (Phi) is 12.8. The van der Waals surface area contributed by atoms with Gasteiger partial charge in [0.2, 0.25) is 5.69 Å². The van der Waals surface area contributed by atoms with Crippen LogP contribution < -0.4 is 6.15 Å². The van der Waals surface area contributed by atoms with Crippen molar-refractivity contribution in [2.45, 2.75) is 39.5 Å². The van der Waals surface area contributed by atoms with Gasteiger partial charge in [-0.05, 0) is 24.6 Å². The molecule has 0 unspecified atom stereocenters. The molecule has 0 atom stereocenters. The van der Waals surface area contributed by atoms with Gasteiger partial charge in [0, 0.05) is 0 Å². The third kappa shape index (κ3) is 11.0. The van der Waals surface area contributed by atoms with Gasteiger partial charge in [0.05, 0.1) is 13.2 Å². The Balaban J connectivity index is 0. The minimum Gasteiger partial charge on any atom is -0.344 e. The van der Waals surface area contributed by atoms with Gasteiger partial charge in [0.1, 0.15) is 0 Å². The first-order valence-electron chi connectivity index (χ1n) is 4.74. The highest BCUT2D eigenvalue weighted by Gasteiger charge is 2.11. The Labute approximate surface area is 97.9 Å². The average Bonchev–Trinajstić information content (AvgIpc) is 2.05. The second-order valence-electron chi connectivity index (χ2n) is 2.84. The van der Waals surface area contributed by atoms with E-state index in [-0.39, 0.29) is 6.15 Å². The van der Waals surface area contributed by atoms with Crippen LogP contribution in [0.15, 0.2) is 0 Å². The number of hydrogen-bond donors (Lipinski definition) is 2. The lowest BCUT2D eigenvalue weighted by Crippen LogP contribution is -1.94. The smallest absolute Gasteiger partial charge is 0.244 e. The fourth-order valence-electron chi connectivity index (χ4n) is 0.686. The van der Waals surface area contributed by atoms with Crippen LogP contribution in [0.25, 0.3) is 0 Å². The zero-order chi connectivity index (χ0) is 10.2. The largest absolute Gasteiger partial charge is 0.344 e. The van der Waals surface area contributed by atoms with Crippen molar-refractivity contribution in [1.82, 2.24) is 6.15 Å². The minimum atomic E-state index is -2.22. The summed E-state index contributed by atoms with van der Waals surface area (Å²) in [6, 6.07) is 0. The first-order valence-corrected chi connectivity index (χ1v) is 8.53. The van der Waals surface area contributed by atoms with Crippen molar-refractivity contribution in [3.63, 3.8) is 0 Å². The standard InChI is InChI=1S/C8H19O2PS2.H3N/c1-3-5-7-9-11(12,13)10-8-6-4-2;/h3-8H2,1-2H3,(H,12,13);1H3. The maximum Gasteiger partial charge on any atom is 0.244 e. The molecule has 3 nitrogen and oxygen atoms in total. The van der Waals surface area contributed by atoms with Crippen molar-refractivity contribution in [1.29, 1.82) is 0 Å². The van der Waals surface area contributed by atoms with E-state index in [9.17, 15) is 0 Å². The predicted octanol–water partition coefficient (Wildman–Crippen LogP) is 3.94. The van der Waals surface area contributed by atoms with Crippen LogP contribution in [-0.4, -0.2) is 13.2 Å². The molecule has 0 aromatic heterocycles. The van der Waals surface area contributed by atoms with Crippen LogP contribution >= 0.6 is 17.9 Å². The van der Waals surface area contributed by atoms with E-state index >= 15 is 0 Å². The van der Waals surface area contributed by atoms with Gasteiger partial charge >= 0.3 is 0 Å². The van der Waals surface area contributed by atoms with E-state index in [1.54, 1.807) is 0 Å². The Morgan fingerprint density at radius 2 is 1.43 bits per heavy atom. The average molecular weight is 259 g/mol. The number of unbranched alkanes of at least 4 members (excludes halogenated alkanes) is 2. The van der Waals surface area contributed by atoms with Gasteiger partial charge in [-0.25, -0.2) is 0 Å². The molecule has 0 saturated heterocycles. The molecule has 0 fully saturated rings. The van der Waals surface area contributed by atoms with E-state index in [2.05, 4.69) is 26.1 Å². The second kappa shape index (κ2) is 10.4. The predicted molar refractivity (Wildman–Crippen MR) is 70.0 cm³/mol. The molecule has 0 spiro atoms. The summed E-state index contributed by atoms with van der Waals surface area (Å²) < 4.78 is 10.8. The lowest BCUT2D eigenvalue weighted by Gasteiger charge is -2.15. The molecule has 14 heavy (non-hydrogen) atoms. The number of hydrogen-bond acceptors (Lipinski definition) is 4. The van der Waals surface area contributed by atoms with Crippen LogP contribution in [0, 0.1) is 0 Å². The molecule has 3 N–H and O–H groups in total. The molecule has 0 aliphatic rings. The zero-order valence-corrected chi connectivity index (χ0v) is 11.7. The molecule has 0 amide bonds. The summed E-state index contributed by atoms with van der Waals surface area (Å²) >= 11 is 9.31. The van der Waals surface area contributed by atoms with E-state index < -0.39 is 5.69 Å². The summed E-state index contributed by atoms with van der Waals surface area (Å²) in [6.07, 6.45) is 4.27. The van der Waals surface area contributed by atoms with Crippen LogP contribution in [0.1, 0.15) is 39.5 Å². The van der Waals surface area contributed by atoms with Gasteiger partial charge in [-0.1, -0.05) is 38.9 Å². The molecule has 0 radical (unpaired) electrons. The van der Waals surface area contributed by atoms with Gasteiger partial charge in [0.15, 0.2) is 0 Å². The lowest BCUT2D eigenvalue weighted by molar-refractivity contribution is 0.253. The molecule has 0 heterocycles. The maximum atomic E-state index is 5.38. The SMILES string of the molecule is CCCCOP(=S)(S)OCCCC.N. The summed E-state index contributed by atoms with van der Waals surface area (Å²) in [5.74, 6) is 0. The summed E-state index contributed by atoms with van der Waals surface area (Å²) in [7, 11) is 0. The van der Waals surface area contributed by atoms with E-state index in [1.165, 1.54) is 0 Å². The molecule has 6 heteroatoms. The van der Waals surface area contributed by atoms with Crippen LogP contribution in [0.5, 0.6) is 0 Å². The minimum absolute atomic E-state index is 0. The normalized spacial score (nSPS) is 11.1. The van der Waals surface area contributed by atoms with Crippen LogP contribution in [0.4, 0.5) is 0 Å². The van der Waals surface area contributed by atoms with Gasteiger partial charge in [-0.15, -0.1) is 0 Å². The van der Waals surface area contributed by atoms with E-state index in [1.807, 2.05) is 0 Å². The highest BCUT2D eigenvalue weighted by Crippen LogP contribution is 2.53. The Bertz CT molecular complexity index is 155. The summed E-state index contributed by atoms with van der Waals surface area (Å²) in [6.45, 7) is 5.57. The third-order valence-corrected chi connectivity index (χ3v) is 3.85. The molecule has 0 aliphatic heterocycles. The van der Waals surface area contributed by atoms with E-state index in [0.717, 1.165) is 25.7 Å². The zero-order valence-electron chi connectivity index (χ0n) is 9.07. The van der Waals surface area contributed by atoms with Gasteiger partial charge < -0.3 is 15.2 Å². The Hall–Kier alpha value is 0.880. The molecule has 0 bridgehead atoms. The summed E-state index contributed by atoms with van der Waals surface area (Å²) in [5.41, 5.74) is -2.22. The molecule has 0 rings (SSSR count). The molecule has 0 aromatic rings. The fraction of sp³-hybridized carbons (Fsp3) is 1.00. The monoisotopic (exact) mass is 259 g/mol. The topological polar surface area (TPSA) is 53.5 Å². The van der Waals surface area contributed by atoms with Gasteiger partial charge in [-0.2, -0.15) is 0 Å². The van der Waals surface area contributed by atoms with Crippen molar-refractivity contribution in [3.05, 3.63) is 0 Å². The first-order chi connectivity index (χ1) is 6.12. The highest BCUT2D eigenvalue weighted by molar-refractivity contribution is 8.60. The fourth-order valence-corrected chi connectivity index (χ4v) is 2.42. The quantitative estimate of drug-likeness (QED) is 0.394. The van der Waals surface area contributed by atoms with Crippen LogP contribution in [0.3, 0.4) is 0 Å². The van der Waals surface area contributed by atoms with Crippen molar-refractivity contribution < 1.29 is 9.05 Å². The van der Waals surface area contributed by atoms with E-state index in [0.29, 0.717) is 13.2 Å². The Morgan fingerprint density at radius 1 is 1.07 bits per heavy atom. The molecule has 0 saturated carbocycles. The lowest BCUT2D eigenvalue weighted by atomic mass is 10.4. The van der Waals surface area contributed by atoms with Gasteiger partial charge in [0.25, 0.3) is 0 Å². The van der Waals surface area contributed by atoms with Crippen molar-refractivity contribution in [3.8, 4) is 0 Å². The van der Waals surface area contributed by atoms with Crippen molar-refractivity contribution >= 4 is 29.7 Å². The van der Waals surface area contributed by atoms with E-state index in [4.69, 9.17) is 20.9 Å². The van der Waals surface area contributed by atoms with Crippen LogP contribution in [-0.2, 0) is 20.9 Å². The molecular formula is C8H22NO2PS2. The highest BCUT2D eigenvalue weighted by atomic mass is 32.9. The second-order valence-corrected chi connectivity index (χ2v) is 8.13. The van der Waals surface area contributed by atoms with Gasteiger partial charge in [-0.3, -0.25) is 0 Å². The Morgan fingerprint density at radius 3 is 1.71 bits per heavy atom.